The van der Waals surface area contributed by atoms with Crippen molar-refractivity contribution in [3.05, 3.63) is 35.9 Å². The second-order valence-corrected chi connectivity index (χ2v) is 4.08. The fourth-order valence-corrected chi connectivity index (χ4v) is 1.74. The van der Waals surface area contributed by atoms with Crippen LogP contribution in [0, 0.1) is 0 Å². The Morgan fingerprint density at radius 2 is 1.62 bits per heavy atom. The summed E-state index contributed by atoms with van der Waals surface area (Å²) in [7, 11) is 0. The number of hydrogen-bond acceptors (Lipinski definition) is 2. The Morgan fingerprint density at radius 3 is 2.19 bits per heavy atom. The van der Waals surface area contributed by atoms with Crippen LogP contribution in [0.15, 0.2) is 30.3 Å². The van der Waals surface area contributed by atoms with E-state index in [9.17, 15) is 0 Å². The molecule has 0 radical (unpaired) electrons. The highest BCUT2D eigenvalue weighted by molar-refractivity contribution is 5.13. The molecule has 0 aliphatic carbocycles. The molecule has 1 aromatic rings. The second-order valence-electron chi connectivity index (χ2n) is 4.08. The normalized spacial score (nSPS) is 10.9. The van der Waals surface area contributed by atoms with Gasteiger partial charge in [0.25, 0.3) is 0 Å². The van der Waals surface area contributed by atoms with Crippen LogP contribution in [0.25, 0.3) is 0 Å². The third-order valence-electron chi connectivity index (χ3n) is 2.47. The molecule has 0 heterocycles. The highest BCUT2D eigenvalue weighted by atomic mass is 16.5. The first-order chi connectivity index (χ1) is 7.86. The molecule has 0 bridgehead atoms. The van der Waals surface area contributed by atoms with Crippen molar-refractivity contribution in [2.45, 2.75) is 33.3 Å². The molecule has 0 atom stereocenters. The maximum absolute atomic E-state index is 5.71. The van der Waals surface area contributed by atoms with Crippen molar-refractivity contribution < 1.29 is 4.74 Å². The molecular formula is C14H23NO. The van der Waals surface area contributed by atoms with Crippen molar-refractivity contribution >= 4 is 0 Å². The van der Waals surface area contributed by atoms with E-state index in [1.165, 1.54) is 18.4 Å². The number of rotatable bonds is 8. The molecule has 0 aliphatic heterocycles. The molecule has 0 fully saturated rings. The van der Waals surface area contributed by atoms with Crippen molar-refractivity contribution in [3.63, 3.8) is 0 Å². The SMILES string of the molecule is CCCN(CCC)COCc1ccccc1. The first-order valence-corrected chi connectivity index (χ1v) is 6.20. The van der Waals surface area contributed by atoms with E-state index in [0.717, 1.165) is 19.8 Å². The molecule has 1 rings (SSSR count). The largest absolute Gasteiger partial charge is 0.361 e. The summed E-state index contributed by atoms with van der Waals surface area (Å²) >= 11 is 0. The van der Waals surface area contributed by atoms with Gasteiger partial charge in [-0.15, -0.1) is 0 Å². The Labute approximate surface area is 99.2 Å². The standard InChI is InChI=1S/C14H23NO/c1-3-10-15(11-4-2)13-16-12-14-8-6-5-7-9-14/h5-9H,3-4,10-13H2,1-2H3. The van der Waals surface area contributed by atoms with Crippen LogP contribution < -0.4 is 0 Å². The lowest BCUT2D eigenvalue weighted by atomic mass is 10.2. The Kier molecular flexibility index (Phi) is 6.86. The molecule has 2 nitrogen and oxygen atoms in total. The van der Waals surface area contributed by atoms with Gasteiger partial charge in [-0.25, -0.2) is 0 Å². The summed E-state index contributed by atoms with van der Waals surface area (Å²) in [5.41, 5.74) is 1.25. The Bertz CT molecular complexity index is 255. The van der Waals surface area contributed by atoms with E-state index in [4.69, 9.17) is 4.74 Å². The minimum atomic E-state index is 0.713. The lowest BCUT2D eigenvalue weighted by Crippen LogP contribution is -2.28. The summed E-state index contributed by atoms with van der Waals surface area (Å²) in [6.07, 6.45) is 2.38. The van der Waals surface area contributed by atoms with Crippen LogP contribution in [0.4, 0.5) is 0 Å². The van der Waals surface area contributed by atoms with Crippen molar-refractivity contribution in [3.8, 4) is 0 Å². The van der Waals surface area contributed by atoms with Gasteiger partial charge in [0.2, 0.25) is 0 Å². The van der Waals surface area contributed by atoms with Crippen LogP contribution in [0.3, 0.4) is 0 Å². The van der Waals surface area contributed by atoms with Crippen LogP contribution in [0.2, 0.25) is 0 Å². The van der Waals surface area contributed by atoms with E-state index < -0.39 is 0 Å². The average molecular weight is 221 g/mol. The van der Waals surface area contributed by atoms with Crippen LogP contribution >= 0.6 is 0 Å². The second kappa shape index (κ2) is 8.31. The average Bonchev–Trinajstić information content (AvgIpc) is 2.31. The van der Waals surface area contributed by atoms with Gasteiger partial charge in [-0.05, 0) is 18.4 Å². The van der Waals surface area contributed by atoms with Gasteiger partial charge >= 0.3 is 0 Å². The minimum absolute atomic E-state index is 0.713. The van der Waals surface area contributed by atoms with Crippen molar-refractivity contribution in [2.24, 2.45) is 0 Å². The van der Waals surface area contributed by atoms with Gasteiger partial charge in [0.05, 0.1) is 13.3 Å². The number of benzene rings is 1. The summed E-state index contributed by atoms with van der Waals surface area (Å²) < 4.78 is 5.71. The van der Waals surface area contributed by atoms with Crippen LogP contribution in [0.1, 0.15) is 32.3 Å². The molecular weight excluding hydrogens is 198 g/mol. The molecule has 0 unspecified atom stereocenters. The molecule has 2 heteroatoms. The van der Waals surface area contributed by atoms with Gasteiger partial charge in [0, 0.05) is 13.1 Å². The predicted molar refractivity (Wildman–Crippen MR) is 68.3 cm³/mol. The van der Waals surface area contributed by atoms with Crippen molar-refractivity contribution in [1.29, 1.82) is 0 Å². The zero-order chi connectivity index (χ0) is 11.6. The number of ether oxygens (including phenoxy) is 1. The van der Waals surface area contributed by atoms with Gasteiger partial charge in [-0.1, -0.05) is 44.2 Å². The van der Waals surface area contributed by atoms with E-state index in [-0.39, 0.29) is 0 Å². The highest BCUT2D eigenvalue weighted by Crippen LogP contribution is 2.02. The van der Waals surface area contributed by atoms with Crippen LogP contribution in [0.5, 0.6) is 0 Å². The molecule has 0 spiro atoms. The van der Waals surface area contributed by atoms with E-state index in [1.54, 1.807) is 0 Å². The fraction of sp³-hybridized carbons (Fsp3) is 0.571. The van der Waals surface area contributed by atoms with Gasteiger partial charge in [-0.2, -0.15) is 0 Å². The summed E-state index contributed by atoms with van der Waals surface area (Å²) in [5.74, 6) is 0. The van der Waals surface area contributed by atoms with Crippen LogP contribution in [-0.4, -0.2) is 24.7 Å². The fourth-order valence-electron chi connectivity index (χ4n) is 1.74. The topological polar surface area (TPSA) is 12.5 Å². The summed E-state index contributed by atoms with van der Waals surface area (Å²) in [4.78, 5) is 2.36. The molecule has 0 N–H and O–H groups in total. The van der Waals surface area contributed by atoms with E-state index >= 15 is 0 Å². The smallest absolute Gasteiger partial charge is 0.0994 e. The van der Waals surface area contributed by atoms with Gasteiger partial charge in [0.1, 0.15) is 0 Å². The number of nitrogens with zero attached hydrogens (tertiary/aromatic N) is 1. The van der Waals surface area contributed by atoms with Gasteiger partial charge in [-0.3, -0.25) is 4.90 Å². The van der Waals surface area contributed by atoms with Gasteiger partial charge in [0.15, 0.2) is 0 Å². The van der Waals surface area contributed by atoms with Crippen molar-refractivity contribution in [1.82, 2.24) is 4.90 Å². The molecule has 0 aromatic heterocycles. The Balaban J connectivity index is 2.22. The Morgan fingerprint density at radius 1 is 1.00 bits per heavy atom. The lowest BCUT2D eigenvalue weighted by Gasteiger charge is -2.20. The molecule has 0 amide bonds. The first-order valence-electron chi connectivity index (χ1n) is 6.20. The molecule has 16 heavy (non-hydrogen) atoms. The Hall–Kier alpha value is -0.860. The van der Waals surface area contributed by atoms with Crippen LogP contribution in [-0.2, 0) is 11.3 Å². The highest BCUT2D eigenvalue weighted by Gasteiger charge is 2.01. The third kappa shape index (κ3) is 5.29. The summed E-state index contributed by atoms with van der Waals surface area (Å²) in [6, 6.07) is 10.3. The molecule has 90 valence electrons. The number of hydrogen-bond donors (Lipinski definition) is 0. The monoisotopic (exact) mass is 221 g/mol. The maximum atomic E-state index is 5.71. The predicted octanol–water partition coefficient (Wildman–Crippen LogP) is 3.28. The maximum Gasteiger partial charge on any atom is 0.0994 e. The van der Waals surface area contributed by atoms with E-state index in [2.05, 4.69) is 43.0 Å². The zero-order valence-electron chi connectivity index (χ0n) is 10.5. The summed E-state index contributed by atoms with van der Waals surface area (Å²) in [5, 5.41) is 0. The van der Waals surface area contributed by atoms with E-state index in [1.807, 2.05) is 6.07 Å². The molecule has 0 saturated carbocycles. The molecule has 0 aliphatic rings. The van der Waals surface area contributed by atoms with Gasteiger partial charge < -0.3 is 4.74 Å². The first kappa shape index (κ1) is 13.2. The zero-order valence-corrected chi connectivity index (χ0v) is 10.5. The minimum Gasteiger partial charge on any atom is -0.361 e. The summed E-state index contributed by atoms with van der Waals surface area (Å²) in [6.45, 7) is 8.13. The van der Waals surface area contributed by atoms with Crippen molar-refractivity contribution in [2.75, 3.05) is 19.8 Å². The molecule has 0 saturated heterocycles. The lowest BCUT2D eigenvalue weighted by molar-refractivity contribution is 0.0187. The third-order valence-corrected chi connectivity index (χ3v) is 2.47. The molecule has 1 aromatic carbocycles. The quantitative estimate of drug-likeness (QED) is 0.625. The van der Waals surface area contributed by atoms with E-state index in [0.29, 0.717) is 6.61 Å².